The van der Waals surface area contributed by atoms with E-state index >= 15 is 0 Å². The molecule has 2 aromatic carbocycles. The van der Waals surface area contributed by atoms with E-state index in [4.69, 9.17) is 23.2 Å². The molecule has 1 aliphatic rings. The lowest BCUT2D eigenvalue weighted by atomic mass is 10.1. The number of rotatable bonds is 2. The number of benzene rings is 2. The van der Waals surface area contributed by atoms with Gasteiger partial charge in [-0.1, -0.05) is 23.2 Å². The van der Waals surface area contributed by atoms with E-state index in [-0.39, 0.29) is 17.4 Å². The van der Waals surface area contributed by atoms with Crippen molar-refractivity contribution in [3.8, 4) is 5.75 Å². The lowest BCUT2D eigenvalue weighted by Crippen LogP contribution is -2.13. The van der Waals surface area contributed by atoms with Crippen LogP contribution in [0.1, 0.15) is 11.1 Å². The van der Waals surface area contributed by atoms with Crippen LogP contribution < -0.4 is 5.32 Å². The molecule has 0 saturated carbocycles. The molecule has 0 spiro atoms. The van der Waals surface area contributed by atoms with Gasteiger partial charge < -0.3 is 10.4 Å². The Bertz CT molecular complexity index is 814. The Labute approximate surface area is 135 Å². The van der Waals surface area contributed by atoms with Gasteiger partial charge in [-0.25, -0.2) is 0 Å². The molecule has 0 radical (unpaired) electrons. The van der Waals surface area contributed by atoms with Crippen molar-refractivity contribution >= 4 is 46.7 Å². The van der Waals surface area contributed by atoms with Gasteiger partial charge in [-0.3, -0.25) is 4.79 Å². The molecule has 0 aliphatic carbocycles. The number of halogens is 2. The van der Waals surface area contributed by atoms with Gasteiger partial charge in [0.05, 0.1) is 16.9 Å². The van der Waals surface area contributed by atoms with Gasteiger partial charge in [-0.05, 0) is 42.0 Å². The van der Waals surface area contributed by atoms with Crippen LogP contribution in [-0.4, -0.2) is 22.9 Å². The third kappa shape index (κ3) is 2.81. The minimum absolute atomic E-state index is 0.148. The van der Waals surface area contributed by atoms with Gasteiger partial charge in [0, 0.05) is 10.6 Å². The van der Waals surface area contributed by atoms with E-state index < -0.39 is 0 Å². The normalized spacial score (nSPS) is 15.4. The molecule has 1 heterocycles. The van der Waals surface area contributed by atoms with Crippen LogP contribution in [0.25, 0.3) is 0 Å². The summed E-state index contributed by atoms with van der Waals surface area (Å²) in [6, 6.07) is 9.57. The first-order valence-electron chi connectivity index (χ1n) is 6.25. The van der Waals surface area contributed by atoms with Crippen LogP contribution in [0.5, 0.6) is 5.75 Å². The number of fused-ring (bicyclic) bond motifs is 1. The number of phenols is 1. The molecule has 0 saturated heterocycles. The average Bonchev–Trinajstić information content (AvgIpc) is 2.78. The Hall–Kier alpha value is -2.37. The summed E-state index contributed by atoms with van der Waals surface area (Å²) < 4.78 is 0. The highest BCUT2D eigenvalue weighted by Crippen LogP contribution is 2.34. The monoisotopic (exact) mass is 333 g/mol. The van der Waals surface area contributed by atoms with Crippen molar-refractivity contribution in [2.24, 2.45) is 10.2 Å². The SMILES string of the molecule is O=C1Nc2c(Cl)cc(Cl)cc2/C1=N\N=C\c1ccc(O)cc1. The van der Waals surface area contributed by atoms with Crippen molar-refractivity contribution in [2.45, 2.75) is 0 Å². The Morgan fingerprint density at radius 2 is 1.86 bits per heavy atom. The summed E-state index contributed by atoms with van der Waals surface area (Å²) in [5.41, 5.74) is 1.89. The molecule has 7 heteroatoms. The molecule has 0 aromatic heterocycles. The molecule has 2 N–H and O–H groups in total. The summed E-state index contributed by atoms with van der Waals surface area (Å²) in [7, 11) is 0. The summed E-state index contributed by atoms with van der Waals surface area (Å²) in [5.74, 6) is -0.223. The topological polar surface area (TPSA) is 74.0 Å². The third-order valence-corrected chi connectivity index (χ3v) is 3.54. The second-order valence-corrected chi connectivity index (χ2v) is 5.39. The number of anilines is 1. The van der Waals surface area contributed by atoms with Gasteiger partial charge in [-0.2, -0.15) is 5.10 Å². The number of hydrogen-bond acceptors (Lipinski definition) is 4. The standard InChI is InChI=1S/C15H9Cl2N3O2/c16-9-5-11-13(12(17)6-9)19-15(22)14(11)20-18-7-8-1-3-10(21)4-2-8/h1-7,21H,(H,19,20,22)/b18-7+. The number of carbonyl (C=O) groups is 1. The first kappa shape index (κ1) is 14.6. The van der Waals surface area contributed by atoms with Crippen LogP contribution in [0.4, 0.5) is 5.69 Å². The second-order valence-electron chi connectivity index (χ2n) is 4.55. The van der Waals surface area contributed by atoms with Crippen molar-refractivity contribution in [2.75, 3.05) is 5.32 Å². The van der Waals surface area contributed by atoms with Crippen LogP contribution >= 0.6 is 23.2 Å². The second kappa shape index (κ2) is 5.79. The fraction of sp³-hybridized carbons (Fsp3) is 0. The molecule has 110 valence electrons. The molecule has 3 rings (SSSR count). The molecule has 1 aliphatic heterocycles. The van der Waals surface area contributed by atoms with Gasteiger partial charge in [0.15, 0.2) is 5.71 Å². The fourth-order valence-corrected chi connectivity index (χ4v) is 2.54. The first-order chi connectivity index (χ1) is 10.5. The molecular formula is C15H9Cl2N3O2. The number of nitrogens with zero attached hydrogens (tertiary/aromatic N) is 2. The highest BCUT2D eigenvalue weighted by atomic mass is 35.5. The Kier molecular flexibility index (Phi) is 3.83. The number of nitrogens with one attached hydrogen (secondary N) is 1. The molecule has 0 bridgehead atoms. The van der Waals surface area contributed by atoms with E-state index in [0.29, 0.717) is 21.3 Å². The highest BCUT2D eigenvalue weighted by molar-refractivity contribution is 6.56. The Morgan fingerprint density at radius 1 is 1.14 bits per heavy atom. The van der Waals surface area contributed by atoms with E-state index in [9.17, 15) is 9.90 Å². The number of aromatic hydroxyl groups is 1. The van der Waals surface area contributed by atoms with Crippen LogP contribution in [0.3, 0.4) is 0 Å². The zero-order valence-corrected chi connectivity index (χ0v) is 12.6. The van der Waals surface area contributed by atoms with Gasteiger partial charge in [0.2, 0.25) is 0 Å². The van der Waals surface area contributed by atoms with Crippen LogP contribution in [0.2, 0.25) is 10.0 Å². The van der Waals surface area contributed by atoms with E-state index in [1.807, 2.05) is 0 Å². The van der Waals surface area contributed by atoms with Crippen molar-refractivity contribution < 1.29 is 9.90 Å². The number of hydrogen-bond donors (Lipinski definition) is 2. The molecule has 0 unspecified atom stereocenters. The predicted octanol–water partition coefficient (Wildman–Crippen LogP) is 3.47. The molecule has 22 heavy (non-hydrogen) atoms. The van der Waals surface area contributed by atoms with Crippen molar-refractivity contribution in [3.05, 3.63) is 57.6 Å². The zero-order chi connectivity index (χ0) is 15.7. The minimum atomic E-state index is -0.387. The largest absolute Gasteiger partial charge is 0.508 e. The molecular weight excluding hydrogens is 325 g/mol. The molecule has 0 atom stereocenters. The van der Waals surface area contributed by atoms with Crippen molar-refractivity contribution in [1.29, 1.82) is 0 Å². The maximum atomic E-state index is 11.9. The van der Waals surface area contributed by atoms with Gasteiger partial charge in [0.1, 0.15) is 5.75 Å². The van der Waals surface area contributed by atoms with Crippen LogP contribution in [0.15, 0.2) is 46.6 Å². The Morgan fingerprint density at radius 3 is 2.59 bits per heavy atom. The van der Waals surface area contributed by atoms with E-state index in [0.717, 1.165) is 5.56 Å². The predicted molar refractivity (Wildman–Crippen MR) is 87.3 cm³/mol. The number of amides is 1. The quantitative estimate of drug-likeness (QED) is 0.652. The Balaban J connectivity index is 1.92. The van der Waals surface area contributed by atoms with E-state index in [1.54, 1.807) is 24.3 Å². The fourth-order valence-electron chi connectivity index (χ4n) is 2.00. The molecule has 0 fully saturated rings. The zero-order valence-electron chi connectivity index (χ0n) is 11.0. The third-order valence-electron chi connectivity index (χ3n) is 3.02. The number of phenolic OH excluding ortho intramolecular Hbond substituents is 1. The lowest BCUT2D eigenvalue weighted by molar-refractivity contribution is -0.110. The highest BCUT2D eigenvalue weighted by Gasteiger charge is 2.28. The summed E-state index contributed by atoms with van der Waals surface area (Å²) in [5, 5.41) is 20.4. The summed E-state index contributed by atoms with van der Waals surface area (Å²) >= 11 is 12.0. The van der Waals surface area contributed by atoms with Crippen LogP contribution in [-0.2, 0) is 4.79 Å². The summed E-state index contributed by atoms with van der Waals surface area (Å²) in [4.78, 5) is 11.9. The molecule has 5 nitrogen and oxygen atoms in total. The average molecular weight is 334 g/mol. The first-order valence-corrected chi connectivity index (χ1v) is 7.01. The van der Waals surface area contributed by atoms with Gasteiger partial charge >= 0.3 is 0 Å². The summed E-state index contributed by atoms with van der Waals surface area (Å²) in [6.07, 6.45) is 1.48. The smallest absolute Gasteiger partial charge is 0.276 e. The molecule has 1 amide bonds. The maximum absolute atomic E-state index is 11.9. The van der Waals surface area contributed by atoms with Crippen molar-refractivity contribution in [1.82, 2.24) is 0 Å². The van der Waals surface area contributed by atoms with Crippen LogP contribution in [0, 0.1) is 0 Å². The van der Waals surface area contributed by atoms with E-state index in [1.165, 1.54) is 18.3 Å². The number of carbonyl (C=O) groups excluding carboxylic acids is 1. The van der Waals surface area contributed by atoms with E-state index in [2.05, 4.69) is 15.5 Å². The van der Waals surface area contributed by atoms with Crippen molar-refractivity contribution in [3.63, 3.8) is 0 Å². The lowest BCUT2D eigenvalue weighted by Gasteiger charge is -2.00. The summed E-state index contributed by atoms with van der Waals surface area (Å²) in [6.45, 7) is 0. The maximum Gasteiger partial charge on any atom is 0.276 e. The van der Waals surface area contributed by atoms with Gasteiger partial charge in [-0.15, -0.1) is 5.10 Å². The molecule has 2 aromatic rings. The minimum Gasteiger partial charge on any atom is -0.508 e. The van der Waals surface area contributed by atoms with Gasteiger partial charge in [0.25, 0.3) is 5.91 Å².